The van der Waals surface area contributed by atoms with Crippen LogP contribution < -0.4 is 26.0 Å². The number of hydrogen-bond acceptors (Lipinski definition) is 8. The predicted octanol–water partition coefficient (Wildman–Crippen LogP) is 0.579. The Kier molecular flexibility index (Phi) is 8.97. The van der Waals surface area contributed by atoms with Crippen LogP contribution in [0.5, 0.6) is 0 Å². The van der Waals surface area contributed by atoms with E-state index >= 15 is 0 Å². The van der Waals surface area contributed by atoms with Crippen molar-refractivity contribution in [3.05, 3.63) is 58.8 Å². The number of nitrogens with one attached hydrogen (secondary N) is 5. The van der Waals surface area contributed by atoms with Gasteiger partial charge in [-0.15, -0.1) is 0 Å². The van der Waals surface area contributed by atoms with Crippen LogP contribution in [0, 0.1) is 20.8 Å². The molecule has 1 amide bonds. The summed E-state index contributed by atoms with van der Waals surface area (Å²) in [6.07, 6.45) is 2.68. The Balaban J connectivity index is 1.36. The van der Waals surface area contributed by atoms with Gasteiger partial charge in [0.1, 0.15) is 12.3 Å². The molecule has 6 N–H and O–H groups in total. The molecule has 1 fully saturated rings. The fraction of sp³-hybridized carbons (Fsp3) is 0.423. The van der Waals surface area contributed by atoms with Gasteiger partial charge in [0.05, 0.1) is 16.6 Å². The zero-order valence-corrected chi connectivity index (χ0v) is 23.1. The third kappa shape index (κ3) is 6.99. The molecule has 13 heteroatoms. The number of hydrogen-bond donors (Lipinski definition) is 6. The molecule has 1 saturated heterocycles. The minimum absolute atomic E-state index is 0.0378. The average Bonchev–Trinajstić information content (AvgIpc) is 3.52. The van der Waals surface area contributed by atoms with Gasteiger partial charge in [-0.3, -0.25) is 30.2 Å². The zero-order valence-electron chi connectivity index (χ0n) is 22.2. The molecule has 0 radical (unpaired) electrons. The van der Waals surface area contributed by atoms with E-state index in [0.717, 1.165) is 42.5 Å². The van der Waals surface area contributed by atoms with Crippen molar-refractivity contribution in [2.24, 2.45) is 0 Å². The summed E-state index contributed by atoms with van der Waals surface area (Å²) >= 11 is 0. The Morgan fingerprint density at radius 1 is 1.13 bits per heavy atom. The van der Waals surface area contributed by atoms with Gasteiger partial charge in [-0.05, 0) is 63.1 Å². The van der Waals surface area contributed by atoms with E-state index in [4.69, 9.17) is 0 Å². The Labute approximate surface area is 227 Å². The van der Waals surface area contributed by atoms with E-state index in [2.05, 4.69) is 31.1 Å². The molecule has 4 rings (SSSR count). The van der Waals surface area contributed by atoms with Gasteiger partial charge in [-0.2, -0.15) is 9.82 Å². The number of carbonyl (C=O) groups is 2. The lowest BCUT2D eigenvalue weighted by Crippen LogP contribution is -2.48. The number of benzene rings is 2. The van der Waals surface area contributed by atoms with Crippen LogP contribution in [0.15, 0.2) is 41.4 Å². The highest BCUT2D eigenvalue weighted by Crippen LogP contribution is 2.22. The van der Waals surface area contributed by atoms with Crippen molar-refractivity contribution >= 4 is 32.8 Å². The maximum atomic E-state index is 13.0. The van der Waals surface area contributed by atoms with Crippen molar-refractivity contribution in [2.75, 3.05) is 26.2 Å². The number of nitrogens with zero attached hydrogens (tertiary/aromatic N) is 2. The fourth-order valence-corrected chi connectivity index (χ4v) is 6.49. The van der Waals surface area contributed by atoms with E-state index in [-0.39, 0.29) is 11.2 Å². The monoisotopic (exact) mass is 557 g/mol. The third-order valence-electron chi connectivity index (χ3n) is 6.56. The number of rotatable bonds is 12. The van der Waals surface area contributed by atoms with Crippen molar-refractivity contribution < 1.29 is 23.1 Å². The molecule has 3 aromatic rings. The van der Waals surface area contributed by atoms with Gasteiger partial charge in [0.25, 0.3) is 5.91 Å². The molecule has 0 aliphatic carbocycles. The summed E-state index contributed by atoms with van der Waals surface area (Å²) in [4.78, 5) is 24.7. The maximum Gasteiger partial charge on any atom is 0.323 e. The molecule has 1 aromatic heterocycles. The van der Waals surface area contributed by atoms with E-state index in [1.54, 1.807) is 50.4 Å². The quantitative estimate of drug-likeness (QED) is 0.175. The number of amides is 1. The summed E-state index contributed by atoms with van der Waals surface area (Å²) in [5.74, 6) is -1.91. The first-order valence-electron chi connectivity index (χ1n) is 12.8. The van der Waals surface area contributed by atoms with Gasteiger partial charge >= 0.3 is 5.97 Å². The second-order valence-corrected chi connectivity index (χ2v) is 11.4. The number of sulfonamides is 1. The lowest BCUT2D eigenvalue weighted by molar-refractivity contribution is -0.138. The number of aliphatic carboxylic acids is 1. The number of carboxylic acid groups (broad SMARTS) is 1. The molecule has 1 unspecified atom stereocenters. The third-order valence-corrected chi connectivity index (χ3v) is 8.33. The smallest absolute Gasteiger partial charge is 0.323 e. The van der Waals surface area contributed by atoms with Crippen LogP contribution in [-0.2, 0) is 21.4 Å². The van der Waals surface area contributed by atoms with Crippen LogP contribution in [0.3, 0.4) is 0 Å². The molecule has 0 spiro atoms. The molecular formula is C26H35N7O5S. The molecule has 2 aromatic carbocycles. The average molecular weight is 558 g/mol. The standard InChI is InChI=1S/C26H35N7O5S/c1-16-11-17(2)23(18(3)12-16)39(37,38)32-21(25(35)36)15-30-24(34)19-5-6-22-20(13-19)14-31-33(22)10-4-7-27-26-28-8-9-29-26/h5-6,11-14,21,26-29,32H,4,7-10,15H2,1-3H3,(H,30,34)(H,35,36). The summed E-state index contributed by atoms with van der Waals surface area (Å²) < 4.78 is 30.1. The summed E-state index contributed by atoms with van der Waals surface area (Å²) in [5, 5.41) is 27.3. The molecule has 0 bridgehead atoms. The number of fused-ring (bicyclic) bond motifs is 1. The van der Waals surface area contributed by atoms with Crippen LogP contribution in [0.2, 0.25) is 0 Å². The van der Waals surface area contributed by atoms with E-state index in [1.807, 2.05) is 11.6 Å². The number of carboxylic acids is 1. The van der Waals surface area contributed by atoms with Crippen molar-refractivity contribution in [1.82, 2.24) is 35.8 Å². The Bertz CT molecular complexity index is 1440. The van der Waals surface area contributed by atoms with E-state index in [9.17, 15) is 23.1 Å². The van der Waals surface area contributed by atoms with Crippen LogP contribution in [-0.4, -0.2) is 73.7 Å². The minimum Gasteiger partial charge on any atom is -0.480 e. The highest BCUT2D eigenvalue weighted by molar-refractivity contribution is 7.89. The molecule has 39 heavy (non-hydrogen) atoms. The van der Waals surface area contributed by atoms with Gasteiger partial charge in [-0.25, -0.2) is 8.42 Å². The van der Waals surface area contributed by atoms with E-state index < -0.39 is 34.5 Å². The van der Waals surface area contributed by atoms with Crippen molar-refractivity contribution in [2.45, 2.75) is 51.0 Å². The van der Waals surface area contributed by atoms with Gasteiger partial charge in [0.2, 0.25) is 10.0 Å². The van der Waals surface area contributed by atoms with Crippen LogP contribution in [0.1, 0.15) is 33.5 Å². The Morgan fingerprint density at radius 3 is 2.49 bits per heavy atom. The molecular weight excluding hydrogens is 522 g/mol. The second-order valence-electron chi connectivity index (χ2n) is 9.74. The number of carbonyl (C=O) groups excluding carboxylic acids is 1. The minimum atomic E-state index is -4.14. The molecule has 12 nitrogen and oxygen atoms in total. The Hall–Kier alpha value is -3.36. The molecule has 1 atom stereocenters. The summed E-state index contributed by atoms with van der Waals surface area (Å²) in [7, 11) is -4.14. The number of aromatic nitrogens is 2. The molecule has 0 saturated carbocycles. The SMILES string of the molecule is Cc1cc(C)c(S(=O)(=O)NC(CNC(=O)c2ccc3c(cnn3CCCNC3NCCN3)c2)C(=O)O)c(C)c1. The van der Waals surface area contributed by atoms with Crippen molar-refractivity contribution in [3.63, 3.8) is 0 Å². The Morgan fingerprint density at radius 2 is 1.82 bits per heavy atom. The summed E-state index contributed by atoms with van der Waals surface area (Å²) in [6.45, 7) is 8.14. The van der Waals surface area contributed by atoms with Crippen LogP contribution in [0.4, 0.5) is 0 Å². The first-order valence-corrected chi connectivity index (χ1v) is 14.3. The van der Waals surface area contributed by atoms with Gasteiger partial charge in [0.15, 0.2) is 0 Å². The highest BCUT2D eigenvalue weighted by Gasteiger charge is 2.28. The first-order chi connectivity index (χ1) is 18.5. The fourth-order valence-electron chi connectivity index (χ4n) is 4.84. The second kappa shape index (κ2) is 12.2. The molecule has 1 aliphatic heterocycles. The highest BCUT2D eigenvalue weighted by atomic mass is 32.2. The topological polar surface area (TPSA) is 166 Å². The molecule has 1 aliphatic rings. The van der Waals surface area contributed by atoms with Crippen LogP contribution in [0.25, 0.3) is 10.9 Å². The summed E-state index contributed by atoms with van der Waals surface area (Å²) in [6, 6.07) is 7.01. The van der Waals surface area contributed by atoms with E-state index in [0.29, 0.717) is 23.2 Å². The first kappa shape index (κ1) is 28.6. The maximum absolute atomic E-state index is 13.0. The largest absolute Gasteiger partial charge is 0.480 e. The zero-order chi connectivity index (χ0) is 28.2. The van der Waals surface area contributed by atoms with E-state index in [1.165, 1.54) is 0 Å². The van der Waals surface area contributed by atoms with Crippen molar-refractivity contribution in [1.29, 1.82) is 0 Å². The number of aryl methyl sites for hydroxylation is 4. The molecule has 2 heterocycles. The van der Waals surface area contributed by atoms with Gasteiger partial charge < -0.3 is 10.4 Å². The molecule has 210 valence electrons. The normalized spacial score (nSPS) is 15.1. The lowest BCUT2D eigenvalue weighted by Gasteiger charge is -2.18. The van der Waals surface area contributed by atoms with Gasteiger partial charge in [0, 0.05) is 37.1 Å². The van der Waals surface area contributed by atoms with Crippen LogP contribution >= 0.6 is 0 Å². The van der Waals surface area contributed by atoms with Gasteiger partial charge in [-0.1, -0.05) is 17.7 Å². The summed E-state index contributed by atoms with van der Waals surface area (Å²) in [5.41, 5.74) is 3.13. The van der Waals surface area contributed by atoms with Crippen molar-refractivity contribution in [3.8, 4) is 0 Å². The predicted molar refractivity (Wildman–Crippen MR) is 147 cm³/mol. The lowest BCUT2D eigenvalue weighted by atomic mass is 10.1.